The summed E-state index contributed by atoms with van der Waals surface area (Å²) in [5, 5.41) is 3.14. The van der Waals surface area contributed by atoms with Crippen molar-refractivity contribution >= 4 is 0 Å². The summed E-state index contributed by atoms with van der Waals surface area (Å²) in [7, 11) is 1.99. The molecule has 1 aliphatic carbocycles. The molecule has 0 saturated heterocycles. The minimum absolute atomic E-state index is 1.07. The van der Waals surface area contributed by atoms with Crippen LogP contribution in [0.5, 0.6) is 0 Å². The first-order chi connectivity index (χ1) is 5.43. The minimum atomic E-state index is 1.07. The van der Waals surface area contributed by atoms with E-state index in [9.17, 15) is 0 Å². The Hall–Kier alpha value is -0.820. The Labute approximate surface area is 68.5 Å². The van der Waals surface area contributed by atoms with Crippen LogP contribution in [-0.2, 0) is 0 Å². The summed E-state index contributed by atoms with van der Waals surface area (Å²) in [6.07, 6.45) is 13.0. The van der Waals surface area contributed by atoms with Crippen molar-refractivity contribution in [3.63, 3.8) is 0 Å². The van der Waals surface area contributed by atoms with Gasteiger partial charge in [-0.1, -0.05) is 36.0 Å². The summed E-state index contributed by atoms with van der Waals surface area (Å²) in [5.41, 5.74) is 1.43. The van der Waals surface area contributed by atoms with Crippen LogP contribution in [0.1, 0.15) is 12.8 Å². The Bertz CT molecular complexity index is 187. The lowest BCUT2D eigenvalue weighted by Gasteiger charge is -1.99. The zero-order chi connectivity index (χ0) is 7.94. The molecule has 60 valence electrons. The average molecular weight is 149 g/mol. The molecule has 1 rings (SSSR count). The van der Waals surface area contributed by atoms with Crippen LogP contribution in [0.15, 0.2) is 36.0 Å². The van der Waals surface area contributed by atoms with Gasteiger partial charge in [-0.15, -0.1) is 0 Å². The molecule has 0 bridgehead atoms. The summed E-state index contributed by atoms with van der Waals surface area (Å²) in [6.45, 7) is 1.07. The Morgan fingerprint density at radius 3 is 3.18 bits per heavy atom. The summed E-state index contributed by atoms with van der Waals surface area (Å²) >= 11 is 0. The van der Waals surface area contributed by atoms with Crippen LogP contribution in [0.3, 0.4) is 0 Å². The van der Waals surface area contributed by atoms with Crippen molar-refractivity contribution in [2.24, 2.45) is 0 Å². The molecular formula is C10H15N. The third kappa shape index (κ3) is 3.19. The number of allylic oxidation sites excluding steroid dienone is 5. The van der Waals surface area contributed by atoms with E-state index in [1.54, 1.807) is 0 Å². The lowest BCUT2D eigenvalue weighted by molar-refractivity contribution is 0.793. The van der Waals surface area contributed by atoms with Crippen LogP contribution in [-0.4, -0.2) is 13.6 Å². The van der Waals surface area contributed by atoms with E-state index in [1.165, 1.54) is 5.57 Å². The standard InChI is InChI=1S/C10H15N/c1-11-9-8-10-6-4-2-3-5-7-10/h2-4,6-7,11H,5,8-9H2,1H3. The normalized spacial score (nSPS) is 16.3. The van der Waals surface area contributed by atoms with E-state index in [2.05, 4.69) is 35.7 Å². The largest absolute Gasteiger partial charge is 0.319 e. The third-order valence-corrected chi connectivity index (χ3v) is 1.74. The summed E-state index contributed by atoms with van der Waals surface area (Å²) in [5.74, 6) is 0. The second-order valence-electron chi connectivity index (χ2n) is 2.66. The molecule has 0 aromatic rings. The van der Waals surface area contributed by atoms with E-state index in [0.29, 0.717) is 0 Å². The van der Waals surface area contributed by atoms with Gasteiger partial charge < -0.3 is 5.32 Å². The molecule has 1 heteroatoms. The van der Waals surface area contributed by atoms with Crippen molar-refractivity contribution in [2.45, 2.75) is 12.8 Å². The van der Waals surface area contributed by atoms with Crippen molar-refractivity contribution < 1.29 is 0 Å². The zero-order valence-electron chi connectivity index (χ0n) is 7.01. The predicted molar refractivity (Wildman–Crippen MR) is 49.5 cm³/mol. The van der Waals surface area contributed by atoms with E-state index in [0.717, 1.165) is 19.4 Å². The van der Waals surface area contributed by atoms with E-state index >= 15 is 0 Å². The molecule has 0 unspecified atom stereocenters. The van der Waals surface area contributed by atoms with Gasteiger partial charge in [0.2, 0.25) is 0 Å². The second kappa shape index (κ2) is 4.91. The highest BCUT2D eigenvalue weighted by atomic mass is 14.8. The first kappa shape index (κ1) is 8.28. The highest BCUT2D eigenvalue weighted by Gasteiger charge is 1.91. The molecule has 11 heavy (non-hydrogen) atoms. The number of hydrogen-bond donors (Lipinski definition) is 1. The number of hydrogen-bond acceptors (Lipinski definition) is 1. The lowest BCUT2D eigenvalue weighted by atomic mass is 10.1. The molecule has 0 aromatic heterocycles. The average Bonchev–Trinajstić information content (AvgIpc) is 2.28. The van der Waals surface area contributed by atoms with Gasteiger partial charge in [-0.2, -0.15) is 0 Å². The fourth-order valence-corrected chi connectivity index (χ4v) is 1.08. The van der Waals surface area contributed by atoms with Crippen LogP contribution in [0.25, 0.3) is 0 Å². The molecule has 0 atom stereocenters. The highest BCUT2D eigenvalue weighted by molar-refractivity contribution is 5.26. The maximum atomic E-state index is 3.14. The van der Waals surface area contributed by atoms with Crippen molar-refractivity contribution in [1.82, 2.24) is 5.32 Å². The van der Waals surface area contributed by atoms with Gasteiger partial charge in [0.05, 0.1) is 0 Å². The monoisotopic (exact) mass is 149 g/mol. The zero-order valence-corrected chi connectivity index (χ0v) is 7.01. The fourth-order valence-electron chi connectivity index (χ4n) is 1.08. The molecule has 0 spiro atoms. The predicted octanol–water partition coefficient (Wildman–Crippen LogP) is 2.04. The third-order valence-electron chi connectivity index (χ3n) is 1.74. The van der Waals surface area contributed by atoms with Gasteiger partial charge in [0.25, 0.3) is 0 Å². The van der Waals surface area contributed by atoms with Crippen molar-refractivity contribution in [3.05, 3.63) is 36.0 Å². The molecule has 0 fully saturated rings. The molecule has 0 heterocycles. The minimum Gasteiger partial charge on any atom is -0.319 e. The van der Waals surface area contributed by atoms with Gasteiger partial charge in [-0.25, -0.2) is 0 Å². The Morgan fingerprint density at radius 1 is 1.45 bits per heavy atom. The quantitative estimate of drug-likeness (QED) is 0.647. The van der Waals surface area contributed by atoms with Gasteiger partial charge in [-0.3, -0.25) is 0 Å². The lowest BCUT2D eigenvalue weighted by Crippen LogP contribution is -2.07. The number of rotatable bonds is 3. The molecule has 1 aliphatic rings. The van der Waals surface area contributed by atoms with Gasteiger partial charge in [0.1, 0.15) is 0 Å². The molecule has 0 aliphatic heterocycles. The summed E-state index contributed by atoms with van der Waals surface area (Å²) in [4.78, 5) is 0. The van der Waals surface area contributed by atoms with Crippen LogP contribution in [0, 0.1) is 0 Å². The SMILES string of the molecule is CNCCC1=CCC=CC=C1. The van der Waals surface area contributed by atoms with Crippen LogP contribution >= 0.6 is 0 Å². The molecular weight excluding hydrogens is 134 g/mol. The maximum Gasteiger partial charge on any atom is -0.00115 e. The van der Waals surface area contributed by atoms with Gasteiger partial charge in [0.15, 0.2) is 0 Å². The van der Waals surface area contributed by atoms with Gasteiger partial charge in [0, 0.05) is 0 Å². The Balaban J connectivity index is 2.38. The summed E-state index contributed by atoms with van der Waals surface area (Å²) < 4.78 is 0. The van der Waals surface area contributed by atoms with Gasteiger partial charge in [-0.05, 0) is 26.4 Å². The highest BCUT2D eigenvalue weighted by Crippen LogP contribution is 2.07. The molecule has 0 aromatic carbocycles. The van der Waals surface area contributed by atoms with E-state index in [1.807, 2.05) is 7.05 Å². The van der Waals surface area contributed by atoms with Crippen LogP contribution in [0.4, 0.5) is 0 Å². The van der Waals surface area contributed by atoms with Gasteiger partial charge >= 0.3 is 0 Å². The topological polar surface area (TPSA) is 12.0 Å². The number of nitrogens with one attached hydrogen (secondary N) is 1. The summed E-state index contributed by atoms with van der Waals surface area (Å²) in [6, 6.07) is 0. The first-order valence-corrected chi connectivity index (χ1v) is 4.10. The van der Waals surface area contributed by atoms with Crippen LogP contribution < -0.4 is 5.32 Å². The molecule has 0 radical (unpaired) electrons. The van der Waals surface area contributed by atoms with E-state index < -0.39 is 0 Å². The van der Waals surface area contributed by atoms with Crippen molar-refractivity contribution in [3.8, 4) is 0 Å². The van der Waals surface area contributed by atoms with E-state index in [-0.39, 0.29) is 0 Å². The maximum absolute atomic E-state index is 3.14. The second-order valence-corrected chi connectivity index (χ2v) is 2.66. The molecule has 1 nitrogen and oxygen atoms in total. The van der Waals surface area contributed by atoms with Crippen molar-refractivity contribution in [1.29, 1.82) is 0 Å². The van der Waals surface area contributed by atoms with Crippen molar-refractivity contribution in [2.75, 3.05) is 13.6 Å². The smallest absolute Gasteiger partial charge is 0.00115 e. The van der Waals surface area contributed by atoms with Crippen LogP contribution in [0.2, 0.25) is 0 Å². The fraction of sp³-hybridized carbons (Fsp3) is 0.400. The van der Waals surface area contributed by atoms with E-state index in [4.69, 9.17) is 0 Å². The molecule has 0 amide bonds. The molecule has 1 N–H and O–H groups in total. The molecule has 0 saturated carbocycles. The Kier molecular flexibility index (Phi) is 3.70. The first-order valence-electron chi connectivity index (χ1n) is 4.10. The Morgan fingerprint density at radius 2 is 2.36 bits per heavy atom.